The van der Waals surface area contributed by atoms with Crippen molar-refractivity contribution in [2.45, 2.75) is 26.4 Å². The molecule has 5 heteroatoms. The number of nitrogens with one attached hydrogen (secondary N) is 1. The summed E-state index contributed by atoms with van der Waals surface area (Å²) in [7, 11) is 0. The third-order valence-corrected chi connectivity index (χ3v) is 4.89. The molecule has 0 radical (unpaired) electrons. The molecule has 1 N–H and O–H groups in total. The Balaban J connectivity index is 1.88. The maximum absolute atomic E-state index is 4.38. The first kappa shape index (κ1) is 14.2. The van der Waals surface area contributed by atoms with Crippen molar-refractivity contribution in [2.75, 3.05) is 0 Å². The SMILES string of the molecule is CCc1ccc(CNCc2ncc(Br)cc2Br)s1. The van der Waals surface area contributed by atoms with Crippen molar-refractivity contribution in [3.63, 3.8) is 0 Å². The van der Waals surface area contributed by atoms with Crippen molar-refractivity contribution < 1.29 is 0 Å². The van der Waals surface area contributed by atoms with Crippen molar-refractivity contribution in [2.24, 2.45) is 0 Å². The van der Waals surface area contributed by atoms with Gasteiger partial charge in [-0.15, -0.1) is 11.3 Å². The fraction of sp³-hybridized carbons (Fsp3) is 0.308. The van der Waals surface area contributed by atoms with Crippen LogP contribution in [0.4, 0.5) is 0 Å². The highest BCUT2D eigenvalue weighted by molar-refractivity contribution is 9.11. The van der Waals surface area contributed by atoms with Crippen molar-refractivity contribution in [1.82, 2.24) is 10.3 Å². The summed E-state index contributed by atoms with van der Waals surface area (Å²) >= 11 is 8.79. The highest BCUT2D eigenvalue weighted by atomic mass is 79.9. The van der Waals surface area contributed by atoms with Gasteiger partial charge in [0.2, 0.25) is 0 Å². The Labute approximate surface area is 128 Å². The Kier molecular flexibility index (Phi) is 5.36. The normalized spacial score (nSPS) is 10.8. The third-order valence-electron chi connectivity index (χ3n) is 2.54. The van der Waals surface area contributed by atoms with Gasteiger partial charge in [0.05, 0.1) is 5.69 Å². The fourth-order valence-electron chi connectivity index (χ4n) is 1.58. The predicted molar refractivity (Wildman–Crippen MR) is 83.9 cm³/mol. The average Bonchev–Trinajstić information content (AvgIpc) is 2.80. The van der Waals surface area contributed by atoms with E-state index in [1.807, 2.05) is 23.6 Å². The summed E-state index contributed by atoms with van der Waals surface area (Å²) in [6.45, 7) is 3.86. The van der Waals surface area contributed by atoms with E-state index >= 15 is 0 Å². The van der Waals surface area contributed by atoms with Crippen LogP contribution in [0, 0.1) is 0 Å². The standard InChI is InChI=1S/C13H14Br2N2S/c1-2-10-3-4-11(18-10)7-16-8-13-12(15)5-9(14)6-17-13/h3-6,16H,2,7-8H2,1H3. The van der Waals surface area contributed by atoms with Crippen LogP contribution >= 0.6 is 43.2 Å². The van der Waals surface area contributed by atoms with E-state index in [1.165, 1.54) is 9.75 Å². The first-order valence-electron chi connectivity index (χ1n) is 5.77. The van der Waals surface area contributed by atoms with Gasteiger partial charge in [0.15, 0.2) is 0 Å². The third kappa shape index (κ3) is 3.88. The summed E-state index contributed by atoms with van der Waals surface area (Å²) in [6, 6.07) is 6.42. The van der Waals surface area contributed by atoms with Gasteiger partial charge in [-0.3, -0.25) is 4.98 Å². The van der Waals surface area contributed by atoms with Crippen LogP contribution in [0.3, 0.4) is 0 Å². The van der Waals surface area contributed by atoms with Crippen LogP contribution in [0.15, 0.2) is 33.3 Å². The van der Waals surface area contributed by atoms with E-state index in [1.54, 1.807) is 0 Å². The molecule has 2 heterocycles. The minimum atomic E-state index is 0.771. The van der Waals surface area contributed by atoms with E-state index in [4.69, 9.17) is 0 Å². The van der Waals surface area contributed by atoms with Gasteiger partial charge in [-0.05, 0) is 56.5 Å². The maximum atomic E-state index is 4.38. The number of pyridine rings is 1. The molecule has 96 valence electrons. The molecule has 2 aromatic heterocycles. The Morgan fingerprint density at radius 3 is 2.67 bits per heavy atom. The molecule has 0 aliphatic carbocycles. The Morgan fingerprint density at radius 2 is 2.00 bits per heavy atom. The number of aryl methyl sites for hydroxylation is 1. The number of thiophene rings is 1. The Bertz CT molecular complexity index is 525. The van der Waals surface area contributed by atoms with Crippen LogP contribution < -0.4 is 5.32 Å². The number of halogens is 2. The van der Waals surface area contributed by atoms with E-state index in [9.17, 15) is 0 Å². The van der Waals surface area contributed by atoms with Gasteiger partial charge in [0.1, 0.15) is 0 Å². The number of hydrogen-bond acceptors (Lipinski definition) is 3. The molecule has 2 rings (SSSR count). The summed E-state index contributed by atoms with van der Waals surface area (Å²) < 4.78 is 2.02. The molecule has 0 atom stereocenters. The zero-order valence-corrected chi connectivity index (χ0v) is 14.0. The van der Waals surface area contributed by atoms with Crippen molar-refractivity contribution in [3.8, 4) is 0 Å². The van der Waals surface area contributed by atoms with Gasteiger partial charge in [-0.1, -0.05) is 6.92 Å². The van der Waals surface area contributed by atoms with Crippen LogP contribution in [-0.2, 0) is 19.5 Å². The summed E-state index contributed by atoms with van der Waals surface area (Å²) in [5.41, 5.74) is 1.03. The molecule has 0 saturated carbocycles. The van der Waals surface area contributed by atoms with Gasteiger partial charge < -0.3 is 5.32 Å². The summed E-state index contributed by atoms with van der Waals surface area (Å²) in [5.74, 6) is 0. The molecule has 0 aliphatic heterocycles. The molecular formula is C13H14Br2N2S. The molecule has 0 amide bonds. The first-order chi connectivity index (χ1) is 8.69. The average molecular weight is 390 g/mol. The maximum Gasteiger partial charge on any atom is 0.0684 e. The van der Waals surface area contributed by atoms with Gasteiger partial charge in [0, 0.05) is 38.0 Å². The lowest BCUT2D eigenvalue weighted by Gasteiger charge is -2.05. The van der Waals surface area contributed by atoms with E-state index in [2.05, 4.69) is 61.2 Å². The molecule has 2 aromatic rings. The Morgan fingerprint density at radius 1 is 1.22 bits per heavy atom. The molecule has 0 bridgehead atoms. The van der Waals surface area contributed by atoms with Crippen LogP contribution in [0.5, 0.6) is 0 Å². The number of hydrogen-bond donors (Lipinski definition) is 1. The summed E-state index contributed by atoms with van der Waals surface area (Å²) in [6.07, 6.45) is 2.94. The van der Waals surface area contributed by atoms with Gasteiger partial charge in [-0.2, -0.15) is 0 Å². The predicted octanol–water partition coefficient (Wildman–Crippen LogP) is 4.52. The lowest BCUT2D eigenvalue weighted by atomic mass is 10.3. The van der Waals surface area contributed by atoms with E-state index in [0.717, 1.165) is 34.1 Å². The van der Waals surface area contributed by atoms with Crippen LogP contribution in [0.25, 0.3) is 0 Å². The molecule has 0 saturated heterocycles. The largest absolute Gasteiger partial charge is 0.306 e. The summed E-state index contributed by atoms with van der Waals surface area (Å²) in [5, 5.41) is 3.42. The zero-order chi connectivity index (χ0) is 13.0. The number of aromatic nitrogens is 1. The van der Waals surface area contributed by atoms with E-state index in [-0.39, 0.29) is 0 Å². The molecule has 0 spiro atoms. The van der Waals surface area contributed by atoms with E-state index in [0.29, 0.717) is 0 Å². The van der Waals surface area contributed by atoms with Crippen LogP contribution in [0.2, 0.25) is 0 Å². The van der Waals surface area contributed by atoms with Crippen molar-refractivity contribution in [3.05, 3.63) is 48.8 Å². The lowest BCUT2D eigenvalue weighted by Crippen LogP contribution is -2.13. The van der Waals surface area contributed by atoms with E-state index < -0.39 is 0 Å². The van der Waals surface area contributed by atoms with Crippen molar-refractivity contribution in [1.29, 1.82) is 0 Å². The quantitative estimate of drug-likeness (QED) is 0.812. The molecule has 0 unspecified atom stereocenters. The monoisotopic (exact) mass is 388 g/mol. The molecule has 0 aromatic carbocycles. The number of rotatable bonds is 5. The highest BCUT2D eigenvalue weighted by Gasteiger charge is 2.03. The second kappa shape index (κ2) is 6.80. The lowest BCUT2D eigenvalue weighted by molar-refractivity contribution is 0.684. The van der Waals surface area contributed by atoms with Gasteiger partial charge in [-0.25, -0.2) is 0 Å². The second-order valence-electron chi connectivity index (χ2n) is 3.91. The fourth-order valence-corrected chi connectivity index (χ4v) is 3.64. The molecule has 0 aliphatic rings. The zero-order valence-electron chi connectivity index (χ0n) is 10.0. The minimum Gasteiger partial charge on any atom is -0.306 e. The minimum absolute atomic E-state index is 0.771. The molecular weight excluding hydrogens is 376 g/mol. The van der Waals surface area contributed by atoms with Crippen LogP contribution in [0.1, 0.15) is 22.4 Å². The number of nitrogens with zero attached hydrogens (tertiary/aromatic N) is 1. The molecule has 0 fully saturated rings. The Hall–Kier alpha value is -0.230. The van der Waals surface area contributed by atoms with Crippen LogP contribution in [-0.4, -0.2) is 4.98 Å². The second-order valence-corrected chi connectivity index (χ2v) is 6.93. The smallest absolute Gasteiger partial charge is 0.0684 e. The van der Waals surface area contributed by atoms with Gasteiger partial charge >= 0.3 is 0 Å². The summed E-state index contributed by atoms with van der Waals surface area (Å²) in [4.78, 5) is 7.19. The van der Waals surface area contributed by atoms with Gasteiger partial charge in [0.25, 0.3) is 0 Å². The first-order valence-corrected chi connectivity index (χ1v) is 8.17. The highest BCUT2D eigenvalue weighted by Crippen LogP contribution is 2.20. The van der Waals surface area contributed by atoms with Crippen molar-refractivity contribution >= 4 is 43.2 Å². The molecule has 18 heavy (non-hydrogen) atoms. The molecule has 2 nitrogen and oxygen atoms in total. The topological polar surface area (TPSA) is 24.9 Å².